The van der Waals surface area contributed by atoms with E-state index in [0.717, 1.165) is 27.8 Å². The highest BCUT2D eigenvalue weighted by Gasteiger charge is 2.25. The predicted molar refractivity (Wildman–Crippen MR) is 102 cm³/mol. The molecule has 0 spiro atoms. The van der Waals surface area contributed by atoms with Gasteiger partial charge in [-0.2, -0.15) is 0 Å². The third-order valence-corrected chi connectivity index (χ3v) is 5.44. The van der Waals surface area contributed by atoms with Crippen LogP contribution in [0.4, 0.5) is 5.82 Å². The minimum atomic E-state index is -0.885. The first-order valence-corrected chi connectivity index (χ1v) is 9.24. The van der Waals surface area contributed by atoms with Crippen LogP contribution in [0.25, 0.3) is 21.3 Å². The number of fused-ring (bicyclic) bond motifs is 1. The number of aliphatic carboxylic acids is 1. The summed E-state index contributed by atoms with van der Waals surface area (Å²) in [7, 11) is 0. The maximum Gasteiger partial charge on any atom is 0.326 e. The Labute approximate surface area is 154 Å². The number of carboxylic acids is 1. The Morgan fingerprint density at radius 3 is 2.68 bits per heavy atom. The zero-order chi connectivity index (χ0) is 18.0. The van der Waals surface area contributed by atoms with E-state index in [0.29, 0.717) is 10.8 Å². The summed E-state index contributed by atoms with van der Waals surface area (Å²) >= 11 is 7.48. The van der Waals surface area contributed by atoms with Crippen LogP contribution in [0.1, 0.15) is 20.3 Å². The predicted octanol–water partition coefficient (Wildman–Crippen LogP) is 4.92. The molecule has 0 fully saturated rings. The Balaban J connectivity index is 2.08. The lowest BCUT2D eigenvalue weighted by atomic mass is 9.99. The number of nitrogens with zero attached hydrogens (tertiary/aromatic N) is 2. The van der Waals surface area contributed by atoms with Gasteiger partial charge in [-0.1, -0.05) is 44.0 Å². The van der Waals surface area contributed by atoms with Crippen LogP contribution in [-0.4, -0.2) is 27.1 Å². The molecule has 3 rings (SSSR count). The summed E-state index contributed by atoms with van der Waals surface area (Å²) in [4.78, 5) is 21.1. The van der Waals surface area contributed by atoms with Crippen molar-refractivity contribution in [1.82, 2.24) is 9.97 Å². The van der Waals surface area contributed by atoms with Gasteiger partial charge in [-0.3, -0.25) is 0 Å². The quantitative estimate of drug-likeness (QED) is 0.639. The van der Waals surface area contributed by atoms with Crippen molar-refractivity contribution in [2.45, 2.75) is 26.3 Å². The third kappa shape index (κ3) is 3.60. The van der Waals surface area contributed by atoms with Gasteiger partial charge in [0.25, 0.3) is 0 Å². The maximum absolute atomic E-state index is 11.7. The minimum absolute atomic E-state index is 0.0277. The van der Waals surface area contributed by atoms with Crippen molar-refractivity contribution in [3.8, 4) is 11.1 Å². The standard InChI is InChI=1S/C18H18ClN3O2S/c1-3-10(2)15(18(23)24)22-16-14-13(8-25-17(14)21-9-20-16)11-4-6-12(19)7-5-11/h4-10,15H,3H2,1-2H3,(H,23,24)(H,20,21,22). The van der Waals surface area contributed by atoms with Crippen molar-refractivity contribution in [3.05, 3.63) is 41.0 Å². The first kappa shape index (κ1) is 17.6. The number of anilines is 1. The molecule has 130 valence electrons. The van der Waals surface area contributed by atoms with E-state index in [2.05, 4.69) is 15.3 Å². The number of carboxylic acid groups (broad SMARTS) is 1. The molecular weight excluding hydrogens is 358 g/mol. The van der Waals surface area contributed by atoms with E-state index in [4.69, 9.17) is 11.6 Å². The molecule has 0 aliphatic rings. The molecule has 0 bridgehead atoms. The summed E-state index contributed by atoms with van der Waals surface area (Å²) < 4.78 is 0. The maximum atomic E-state index is 11.7. The van der Waals surface area contributed by atoms with Crippen LogP contribution in [0.3, 0.4) is 0 Å². The van der Waals surface area contributed by atoms with Crippen molar-refractivity contribution in [1.29, 1.82) is 0 Å². The molecule has 25 heavy (non-hydrogen) atoms. The Morgan fingerprint density at radius 1 is 1.32 bits per heavy atom. The van der Waals surface area contributed by atoms with Crippen LogP contribution >= 0.6 is 22.9 Å². The number of benzene rings is 1. The lowest BCUT2D eigenvalue weighted by Gasteiger charge is -2.21. The van der Waals surface area contributed by atoms with Crippen LogP contribution in [0.2, 0.25) is 5.02 Å². The van der Waals surface area contributed by atoms with Gasteiger partial charge in [0.15, 0.2) is 0 Å². The molecule has 2 atom stereocenters. The van der Waals surface area contributed by atoms with E-state index in [1.807, 2.05) is 43.5 Å². The van der Waals surface area contributed by atoms with Crippen LogP contribution in [-0.2, 0) is 4.79 Å². The fourth-order valence-corrected chi connectivity index (χ4v) is 3.70. The monoisotopic (exact) mass is 375 g/mol. The first-order valence-electron chi connectivity index (χ1n) is 7.98. The van der Waals surface area contributed by atoms with Crippen LogP contribution < -0.4 is 5.32 Å². The van der Waals surface area contributed by atoms with Gasteiger partial charge in [-0.05, 0) is 23.6 Å². The van der Waals surface area contributed by atoms with Gasteiger partial charge < -0.3 is 10.4 Å². The van der Waals surface area contributed by atoms with E-state index >= 15 is 0 Å². The summed E-state index contributed by atoms with van der Waals surface area (Å²) in [6.07, 6.45) is 2.22. The number of thiophene rings is 1. The molecule has 0 saturated heterocycles. The number of hydrogen-bond acceptors (Lipinski definition) is 5. The lowest BCUT2D eigenvalue weighted by Crippen LogP contribution is -2.35. The minimum Gasteiger partial charge on any atom is -0.480 e. The molecule has 2 heterocycles. The molecule has 0 saturated carbocycles. The van der Waals surface area contributed by atoms with Crippen LogP contribution in [0, 0.1) is 5.92 Å². The van der Waals surface area contributed by atoms with Gasteiger partial charge in [0, 0.05) is 16.0 Å². The lowest BCUT2D eigenvalue weighted by molar-refractivity contribution is -0.139. The molecule has 2 N–H and O–H groups in total. The van der Waals surface area contributed by atoms with Crippen molar-refractivity contribution in [2.24, 2.45) is 5.92 Å². The van der Waals surface area contributed by atoms with Gasteiger partial charge in [-0.25, -0.2) is 14.8 Å². The van der Waals surface area contributed by atoms with E-state index in [1.165, 1.54) is 17.7 Å². The second-order valence-corrected chi connectivity index (χ2v) is 7.20. The van der Waals surface area contributed by atoms with E-state index in [-0.39, 0.29) is 5.92 Å². The molecule has 1 aromatic carbocycles. The fourth-order valence-electron chi connectivity index (χ4n) is 2.66. The highest BCUT2D eigenvalue weighted by molar-refractivity contribution is 7.17. The summed E-state index contributed by atoms with van der Waals surface area (Å²) in [5, 5.41) is 16.2. The average Bonchev–Trinajstić information content (AvgIpc) is 3.04. The van der Waals surface area contributed by atoms with Gasteiger partial charge >= 0.3 is 5.97 Å². The SMILES string of the molecule is CCC(C)C(Nc1ncnc2scc(-c3ccc(Cl)cc3)c12)C(=O)O. The largest absolute Gasteiger partial charge is 0.480 e. The highest BCUT2D eigenvalue weighted by Crippen LogP contribution is 2.37. The molecule has 5 nitrogen and oxygen atoms in total. The molecule has 0 aliphatic carbocycles. The molecule has 3 aromatic rings. The van der Waals surface area contributed by atoms with E-state index in [1.54, 1.807) is 0 Å². The van der Waals surface area contributed by atoms with E-state index < -0.39 is 12.0 Å². The van der Waals surface area contributed by atoms with E-state index in [9.17, 15) is 9.90 Å². The molecule has 0 aliphatic heterocycles. The fraction of sp³-hybridized carbons (Fsp3) is 0.278. The number of nitrogens with one attached hydrogen (secondary N) is 1. The number of aromatic nitrogens is 2. The number of carbonyl (C=O) groups is 1. The third-order valence-electron chi connectivity index (χ3n) is 4.30. The zero-order valence-corrected chi connectivity index (χ0v) is 15.4. The van der Waals surface area contributed by atoms with Crippen molar-refractivity contribution in [2.75, 3.05) is 5.32 Å². The number of halogens is 1. The van der Waals surface area contributed by atoms with Crippen molar-refractivity contribution in [3.63, 3.8) is 0 Å². The average molecular weight is 376 g/mol. The van der Waals surface area contributed by atoms with Crippen LogP contribution in [0.15, 0.2) is 36.0 Å². The smallest absolute Gasteiger partial charge is 0.326 e. The Kier molecular flexibility index (Phi) is 5.20. The van der Waals surface area contributed by atoms with Gasteiger partial charge in [-0.15, -0.1) is 11.3 Å². The number of hydrogen-bond donors (Lipinski definition) is 2. The van der Waals surface area contributed by atoms with Crippen molar-refractivity contribution < 1.29 is 9.90 Å². The van der Waals surface area contributed by atoms with Gasteiger partial charge in [0.05, 0.1) is 5.39 Å². The Bertz CT molecular complexity index is 895. The molecular formula is C18H18ClN3O2S. The summed E-state index contributed by atoms with van der Waals surface area (Å²) in [6, 6.07) is 6.82. The second-order valence-electron chi connectivity index (χ2n) is 5.90. The number of rotatable bonds is 6. The van der Waals surface area contributed by atoms with Gasteiger partial charge in [0.1, 0.15) is 23.0 Å². The molecule has 2 aromatic heterocycles. The summed E-state index contributed by atoms with van der Waals surface area (Å²) in [5.74, 6) is -0.367. The first-order chi connectivity index (χ1) is 12.0. The normalized spacial score (nSPS) is 13.6. The molecule has 2 unspecified atom stereocenters. The summed E-state index contributed by atoms with van der Waals surface area (Å²) in [6.45, 7) is 3.89. The Hall–Kier alpha value is -2.18. The Morgan fingerprint density at radius 2 is 2.04 bits per heavy atom. The second kappa shape index (κ2) is 7.37. The molecule has 0 radical (unpaired) electrons. The van der Waals surface area contributed by atoms with Crippen LogP contribution in [0.5, 0.6) is 0 Å². The molecule has 0 amide bonds. The zero-order valence-electron chi connectivity index (χ0n) is 13.9. The molecule has 7 heteroatoms. The summed E-state index contributed by atoms with van der Waals surface area (Å²) in [5.41, 5.74) is 1.96. The van der Waals surface area contributed by atoms with Gasteiger partial charge in [0.2, 0.25) is 0 Å². The topological polar surface area (TPSA) is 75.1 Å². The highest BCUT2D eigenvalue weighted by atomic mass is 35.5. The van der Waals surface area contributed by atoms with Crippen molar-refractivity contribution >= 4 is 44.9 Å².